The van der Waals surface area contributed by atoms with Crippen LogP contribution in [0.25, 0.3) is 0 Å². The molecule has 0 N–H and O–H groups in total. The topological polar surface area (TPSA) is 64.2 Å². The third-order valence-electron chi connectivity index (χ3n) is 4.37. The number of rotatable bonds is 5. The summed E-state index contributed by atoms with van der Waals surface area (Å²) < 4.78 is 7.36. The van der Waals surface area contributed by atoms with Crippen LogP contribution in [-0.2, 0) is 13.1 Å². The lowest BCUT2D eigenvalue weighted by Gasteiger charge is -2.38. The van der Waals surface area contributed by atoms with Gasteiger partial charge in [0.15, 0.2) is 0 Å². The number of likely N-dealkylation sites (tertiary alicyclic amines) is 1. The smallest absolute Gasteiger partial charge is 0.266 e. The fourth-order valence-corrected chi connectivity index (χ4v) is 2.99. The maximum Gasteiger partial charge on any atom is 0.266 e. The molecule has 0 amide bonds. The van der Waals surface area contributed by atoms with E-state index in [1.54, 1.807) is 16.8 Å². The molecule has 2 aromatic rings. The monoisotopic (exact) mass is 300 g/mol. The Hall–Kier alpha value is -1.95. The highest BCUT2D eigenvalue weighted by Gasteiger charge is 2.30. The first-order valence-corrected chi connectivity index (χ1v) is 7.89. The molecule has 116 valence electrons. The summed E-state index contributed by atoms with van der Waals surface area (Å²) in [4.78, 5) is 18.4. The van der Waals surface area contributed by atoms with Crippen LogP contribution in [0.2, 0.25) is 0 Å². The second kappa shape index (κ2) is 5.35. The molecule has 0 bridgehead atoms. The molecule has 2 aromatic heterocycles. The van der Waals surface area contributed by atoms with E-state index in [-0.39, 0.29) is 5.56 Å². The van der Waals surface area contributed by atoms with Gasteiger partial charge in [-0.1, -0.05) is 0 Å². The Morgan fingerprint density at radius 1 is 1.32 bits per heavy atom. The molecular formula is C16H20N4O2. The SMILES string of the molecule is Cc1ccc(=O)n(CC2CN(Cc3ncc(C4CC4)o3)C2)n1. The molecular weight excluding hydrogens is 280 g/mol. The first-order valence-electron chi connectivity index (χ1n) is 7.89. The van der Waals surface area contributed by atoms with Gasteiger partial charge < -0.3 is 4.42 Å². The van der Waals surface area contributed by atoms with E-state index in [0.29, 0.717) is 18.4 Å². The van der Waals surface area contributed by atoms with Crippen LogP contribution >= 0.6 is 0 Å². The van der Waals surface area contributed by atoms with Gasteiger partial charge in [0, 0.05) is 31.0 Å². The zero-order chi connectivity index (χ0) is 15.1. The van der Waals surface area contributed by atoms with Crippen LogP contribution in [0.15, 0.2) is 27.5 Å². The van der Waals surface area contributed by atoms with E-state index >= 15 is 0 Å². The van der Waals surface area contributed by atoms with Crippen LogP contribution in [0.4, 0.5) is 0 Å². The van der Waals surface area contributed by atoms with Crippen molar-refractivity contribution in [1.82, 2.24) is 19.7 Å². The van der Waals surface area contributed by atoms with E-state index in [1.165, 1.54) is 12.8 Å². The highest BCUT2D eigenvalue weighted by atomic mass is 16.4. The Morgan fingerprint density at radius 2 is 2.14 bits per heavy atom. The van der Waals surface area contributed by atoms with Gasteiger partial charge in [-0.2, -0.15) is 5.10 Å². The summed E-state index contributed by atoms with van der Waals surface area (Å²) in [5.74, 6) is 2.95. The summed E-state index contributed by atoms with van der Waals surface area (Å²) in [5, 5.41) is 4.29. The fourth-order valence-electron chi connectivity index (χ4n) is 2.99. The number of nitrogens with zero attached hydrogens (tertiary/aromatic N) is 4. The van der Waals surface area contributed by atoms with Gasteiger partial charge in [0.2, 0.25) is 5.89 Å². The summed E-state index contributed by atoms with van der Waals surface area (Å²) >= 11 is 0. The van der Waals surface area contributed by atoms with Crippen molar-refractivity contribution in [3.05, 3.63) is 46.0 Å². The van der Waals surface area contributed by atoms with Gasteiger partial charge in [-0.05, 0) is 25.8 Å². The molecule has 0 unspecified atom stereocenters. The van der Waals surface area contributed by atoms with Crippen molar-refractivity contribution in [2.75, 3.05) is 13.1 Å². The first kappa shape index (κ1) is 13.7. The number of aromatic nitrogens is 3. The predicted molar refractivity (Wildman–Crippen MR) is 80.5 cm³/mol. The zero-order valence-electron chi connectivity index (χ0n) is 12.7. The predicted octanol–water partition coefficient (Wildman–Crippen LogP) is 1.55. The lowest BCUT2D eigenvalue weighted by atomic mass is 10.0. The Morgan fingerprint density at radius 3 is 2.91 bits per heavy atom. The summed E-state index contributed by atoms with van der Waals surface area (Å²) in [6, 6.07) is 3.34. The summed E-state index contributed by atoms with van der Waals surface area (Å²) in [5.41, 5.74) is 0.856. The number of hydrogen-bond acceptors (Lipinski definition) is 5. The van der Waals surface area contributed by atoms with Crippen molar-refractivity contribution in [3.63, 3.8) is 0 Å². The number of hydrogen-bond donors (Lipinski definition) is 0. The van der Waals surface area contributed by atoms with E-state index in [4.69, 9.17) is 4.42 Å². The quantitative estimate of drug-likeness (QED) is 0.838. The Kier molecular flexibility index (Phi) is 3.33. The third-order valence-corrected chi connectivity index (χ3v) is 4.37. The van der Waals surface area contributed by atoms with Crippen LogP contribution < -0.4 is 5.56 Å². The van der Waals surface area contributed by atoms with Gasteiger partial charge in [-0.3, -0.25) is 9.69 Å². The molecule has 4 rings (SSSR count). The molecule has 2 fully saturated rings. The van der Waals surface area contributed by atoms with Gasteiger partial charge in [0.25, 0.3) is 5.56 Å². The molecule has 0 aromatic carbocycles. The maximum atomic E-state index is 11.8. The molecule has 2 aliphatic rings. The minimum atomic E-state index is -0.0224. The van der Waals surface area contributed by atoms with Crippen molar-refractivity contribution < 1.29 is 4.42 Å². The van der Waals surface area contributed by atoms with Crippen molar-refractivity contribution in [3.8, 4) is 0 Å². The number of aryl methyl sites for hydroxylation is 1. The van der Waals surface area contributed by atoms with Crippen LogP contribution in [0.5, 0.6) is 0 Å². The molecule has 0 atom stereocenters. The van der Waals surface area contributed by atoms with Gasteiger partial charge >= 0.3 is 0 Å². The average molecular weight is 300 g/mol. The Labute approximate surface area is 128 Å². The molecule has 1 aliphatic carbocycles. The molecule has 1 saturated heterocycles. The molecule has 3 heterocycles. The standard InChI is InChI=1S/C16H20N4O2/c1-11-2-5-16(21)20(18-11)9-12-7-19(8-12)10-15-17-6-14(22-15)13-3-4-13/h2,5-6,12-13H,3-4,7-10H2,1H3. The minimum Gasteiger partial charge on any atom is -0.444 e. The lowest BCUT2D eigenvalue weighted by molar-refractivity contribution is 0.0676. The molecule has 6 nitrogen and oxygen atoms in total. The van der Waals surface area contributed by atoms with Crippen molar-refractivity contribution in [2.24, 2.45) is 5.92 Å². The summed E-state index contributed by atoms with van der Waals surface area (Å²) in [6.07, 6.45) is 4.35. The van der Waals surface area contributed by atoms with Crippen LogP contribution in [0.1, 0.15) is 36.1 Å². The van der Waals surface area contributed by atoms with Crippen LogP contribution in [0.3, 0.4) is 0 Å². The van der Waals surface area contributed by atoms with Gasteiger partial charge in [-0.25, -0.2) is 9.67 Å². The summed E-state index contributed by atoms with van der Waals surface area (Å²) in [7, 11) is 0. The molecule has 6 heteroatoms. The van der Waals surface area contributed by atoms with E-state index < -0.39 is 0 Å². The second-order valence-electron chi connectivity index (χ2n) is 6.49. The molecule has 0 radical (unpaired) electrons. The molecule has 22 heavy (non-hydrogen) atoms. The minimum absolute atomic E-state index is 0.0224. The zero-order valence-corrected chi connectivity index (χ0v) is 12.7. The van der Waals surface area contributed by atoms with Crippen molar-refractivity contribution in [2.45, 2.75) is 38.8 Å². The highest BCUT2D eigenvalue weighted by Crippen LogP contribution is 2.40. The Bertz CT molecular complexity index is 726. The van der Waals surface area contributed by atoms with E-state index in [0.717, 1.165) is 37.0 Å². The second-order valence-corrected chi connectivity index (χ2v) is 6.49. The van der Waals surface area contributed by atoms with Crippen molar-refractivity contribution >= 4 is 0 Å². The third kappa shape index (κ3) is 2.83. The first-order chi connectivity index (χ1) is 10.7. The van der Waals surface area contributed by atoms with Gasteiger partial charge in [-0.15, -0.1) is 0 Å². The largest absolute Gasteiger partial charge is 0.444 e. The van der Waals surface area contributed by atoms with Crippen molar-refractivity contribution in [1.29, 1.82) is 0 Å². The molecule has 1 saturated carbocycles. The fraction of sp³-hybridized carbons (Fsp3) is 0.562. The van der Waals surface area contributed by atoms with Crippen LogP contribution in [0, 0.1) is 12.8 Å². The van der Waals surface area contributed by atoms with Crippen LogP contribution in [-0.4, -0.2) is 32.8 Å². The summed E-state index contributed by atoms with van der Waals surface area (Å²) in [6.45, 7) is 5.28. The average Bonchev–Trinajstić information content (AvgIpc) is 3.20. The molecule has 0 spiro atoms. The maximum absolute atomic E-state index is 11.8. The van der Waals surface area contributed by atoms with E-state index in [2.05, 4.69) is 15.0 Å². The van der Waals surface area contributed by atoms with E-state index in [1.807, 2.05) is 13.1 Å². The van der Waals surface area contributed by atoms with Gasteiger partial charge in [0.1, 0.15) is 5.76 Å². The lowest BCUT2D eigenvalue weighted by Crippen LogP contribution is -2.48. The highest BCUT2D eigenvalue weighted by molar-refractivity contribution is 5.08. The van der Waals surface area contributed by atoms with Gasteiger partial charge in [0.05, 0.1) is 25.0 Å². The number of oxazole rings is 1. The normalized spacial score (nSPS) is 19.3. The van der Waals surface area contributed by atoms with E-state index in [9.17, 15) is 4.79 Å². The Balaban J connectivity index is 1.30. The molecule has 1 aliphatic heterocycles.